The molecule has 1 fully saturated rings. The minimum Gasteiger partial charge on any atom is -0.465 e. The van der Waals surface area contributed by atoms with Gasteiger partial charge in [-0.25, -0.2) is 0 Å². The van der Waals surface area contributed by atoms with Crippen LogP contribution in [0, 0.1) is 0 Å². The van der Waals surface area contributed by atoms with Crippen molar-refractivity contribution in [3.63, 3.8) is 0 Å². The van der Waals surface area contributed by atoms with Crippen LogP contribution in [0.2, 0.25) is 0 Å². The van der Waals surface area contributed by atoms with Gasteiger partial charge in [0.15, 0.2) is 5.11 Å². The van der Waals surface area contributed by atoms with E-state index in [2.05, 4.69) is 11.9 Å². The molecule has 1 aliphatic rings. The lowest BCUT2D eigenvalue weighted by atomic mass is 10.0. The van der Waals surface area contributed by atoms with E-state index in [-0.39, 0.29) is 17.2 Å². The van der Waals surface area contributed by atoms with Gasteiger partial charge in [0.2, 0.25) is 0 Å². The molecule has 2 amide bonds. The predicted molar refractivity (Wildman–Crippen MR) is 104 cm³/mol. The number of allylic oxidation sites excluding steroid dienone is 2. The summed E-state index contributed by atoms with van der Waals surface area (Å²) in [4.78, 5) is 26.4. The summed E-state index contributed by atoms with van der Waals surface area (Å²) in [7, 11) is 0. The first-order valence-corrected chi connectivity index (χ1v) is 8.31. The number of rotatable bonds is 5. The highest BCUT2D eigenvalue weighted by Crippen LogP contribution is 2.23. The molecule has 2 heterocycles. The van der Waals surface area contributed by atoms with Gasteiger partial charge >= 0.3 is 0 Å². The van der Waals surface area contributed by atoms with Gasteiger partial charge in [-0.3, -0.25) is 19.8 Å². The molecule has 0 unspecified atom stereocenters. The maximum atomic E-state index is 12.7. The first-order chi connectivity index (χ1) is 12.6. The van der Waals surface area contributed by atoms with Gasteiger partial charge in [-0.1, -0.05) is 36.4 Å². The Morgan fingerprint density at radius 2 is 1.96 bits per heavy atom. The average molecular weight is 364 g/mol. The van der Waals surface area contributed by atoms with Crippen molar-refractivity contribution >= 4 is 40.8 Å². The summed E-state index contributed by atoms with van der Waals surface area (Å²) in [5.74, 6) is -0.371. The third-order valence-electron chi connectivity index (χ3n) is 3.75. The van der Waals surface area contributed by atoms with Crippen molar-refractivity contribution in [2.24, 2.45) is 0 Å². The zero-order chi connectivity index (χ0) is 18.5. The second kappa shape index (κ2) is 7.76. The first kappa shape index (κ1) is 17.6. The summed E-state index contributed by atoms with van der Waals surface area (Å²) in [6, 6.07) is 13.0. The fourth-order valence-corrected chi connectivity index (χ4v) is 2.76. The molecule has 0 saturated carbocycles. The molecule has 1 aromatic carbocycles. The van der Waals surface area contributed by atoms with E-state index in [4.69, 9.17) is 16.6 Å². The van der Waals surface area contributed by atoms with E-state index in [9.17, 15) is 9.59 Å². The minimum absolute atomic E-state index is 0.00195. The Bertz CT molecular complexity index is 912. The van der Waals surface area contributed by atoms with E-state index in [1.807, 2.05) is 30.3 Å². The van der Waals surface area contributed by atoms with Crippen LogP contribution in [0.15, 0.2) is 77.4 Å². The van der Waals surface area contributed by atoms with Crippen molar-refractivity contribution in [3.05, 3.63) is 84.4 Å². The zero-order valence-corrected chi connectivity index (χ0v) is 14.7. The molecule has 0 radical (unpaired) electrons. The molecule has 0 atom stereocenters. The Morgan fingerprint density at radius 1 is 1.19 bits per heavy atom. The Morgan fingerprint density at radius 3 is 2.62 bits per heavy atom. The molecule has 26 heavy (non-hydrogen) atoms. The fourth-order valence-electron chi connectivity index (χ4n) is 2.51. The molecular formula is C20H16N2O3S. The van der Waals surface area contributed by atoms with Crippen molar-refractivity contribution < 1.29 is 14.0 Å². The number of nitrogens with one attached hydrogen (secondary N) is 1. The Balaban J connectivity index is 2.07. The molecule has 6 heteroatoms. The second-order valence-electron chi connectivity index (χ2n) is 5.50. The minimum atomic E-state index is -0.526. The molecule has 0 aliphatic carbocycles. The molecule has 3 rings (SSSR count). The smallest absolute Gasteiger partial charge is 0.265 e. The van der Waals surface area contributed by atoms with Crippen LogP contribution in [0.4, 0.5) is 0 Å². The van der Waals surface area contributed by atoms with Crippen molar-refractivity contribution in [1.82, 2.24) is 10.2 Å². The maximum Gasteiger partial charge on any atom is 0.265 e. The first-order valence-electron chi connectivity index (χ1n) is 7.90. The summed E-state index contributed by atoms with van der Waals surface area (Å²) < 4.78 is 5.37. The maximum absolute atomic E-state index is 12.7. The molecule has 1 N–H and O–H groups in total. The van der Waals surface area contributed by atoms with Gasteiger partial charge in [0, 0.05) is 6.54 Å². The monoisotopic (exact) mass is 364 g/mol. The Kier molecular flexibility index (Phi) is 5.24. The number of benzene rings is 1. The number of thiocarbonyl (C=S) groups is 1. The van der Waals surface area contributed by atoms with Gasteiger partial charge in [-0.2, -0.15) is 0 Å². The highest BCUT2D eigenvalue weighted by Gasteiger charge is 2.32. The largest absolute Gasteiger partial charge is 0.465 e. The highest BCUT2D eigenvalue weighted by atomic mass is 32.1. The van der Waals surface area contributed by atoms with E-state index in [1.54, 1.807) is 36.6 Å². The topological polar surface area (TPSA) is 62.6 Å². The van der Waals surface area contributed by atoms with Gasteiger partial charge in [0.25, 0.3) is 11.8 Å². The predicted octanol–water partition coefficient (Wildman–Crippen LogP) is 3.18. The van der Waals surface area contributed by atoms with E-state index in [0.29, 0.717) is 11.3 Å². The van der Waals surface area contributed by atoms with E-state index < -0.39 is 11.8 Å². The molecule has 0 spiro atoms. The standard InChI is InChI=1S/C20H16N2O3S/c1-2-10-22-19(24)17(18(23)21-20(22)26)13-15(12-16-9-6-11-25-16)14-7-4-3-5-8-14/h2-9,11-13H,1,10H2,(H,21,23,26). The summed E-state index contributed by atoms with van der Waals surface area (Å²) in [6.07, 6.45) is 6.43. The van der Waals surface area contributed by atoms with Crippen LogP contribution in [0.3, 0.4) is 0 Å². The van der Waals surface area contributed by atoms with Crippen LogP contribution in [-0.4, -0.2) is 28.4 Å². The molecule has 1 aromatic heterocycles. The van der Waals surface area contributed by atoms with Crippen LogP contribution in [0.5, 0.6) is 0 Å². The van der Waals surface area contributed by atoms with Crippen LogP contribution in [0.1, 0.15) is 11.3 Å². The van der Waals surface area contributed by atoms with Gasteiger partial charge < -0.3 is 4.42 Å². The molecule has 1 saturated heterocycles. The molecule has 130 valence electrons. The number of amides is 2. The van der Waals surface area contributed by atoms with E-state index >= 15 is 0 Å². The number of carbonyl (C=O) groups is 2. The lowest BCUT2D eigenvalue weighted by molar-refractivity contribution is -0.128. The van der Waals surface area contributed by atoms with E-state index in [0.717, 1.165) is 5.56 Å². The van der Waals surface area contributed by atoms with Crippen molar-refractivity contribution in [3.8, 4) is 0 Å². The van der Waals surface area contributed by atoms with Crippen molar-refractivity contribution in [1.29, 1.82) is 0 Å². The van der Waals surface area contributed by atoms with Crippen LogP contribution in [0.25, 0.3) is 11.6 Å². The van der Waals surface area contributed by atoms with Gasteiger partial charge in [0.05, 0.1) is 6.26 Å². The number of hydrogen-bond acceptors (Lipinski definition) is 4. The summed E-state index contributed by atoms with van der Waals surface area (Å²) in [6.45, 7) is 3.84. The third kappa shape index (κ3) is 3.70. The summed E-state index contributed by atoms with van der Waals surface area (Å²) in [5.41, 5.74) is 1.52. The Hall–Kier alpha value is -3.25. The number of hydrogen-bond donors (Lipinski definition) is 1. The van der Waals surface area contributed by atoms with Gasteiger partial charge in [-0.15, -0.1) is 6.58 Å². The van der Waals surface area contributed by atoms with E-state index in [1.165, 1.54) is 4.90 Å². The zero-order valence-electron chi connectivity index (χ0n) is 13.8. The van der Waals surface area contributed by atoms with Gasteiger partial charge in [-0.05, 0) is 47.6 Å². The molecule has 5 nitrogen and oxygen atoms in total. The Labute approximate surface area is 156 Å². The second-order valence-corrected chi connectivity index (χ2v) is 5.89. The molecular weight excluding hydrogens is 348 g/mol. The highest BCUT2D eigenvalue weighted by molar-refractivity contribution is 7.80. The summed E-state index contributed by atoms with van der Waals surface area (Å²) >= 11 is 5.07. The third-order valence-corrected chi connectivity index (χ3v) is 4.07. The molecule has 2 aromatic rings. The fraction of sp³-hybridized carbons (Fsp3) is 0.0500. The number of nitrogens with zero attached hydrogens (tertiary/aromatic N) is 1. The summed E-state index contributed by atoms with van der Waals surface area (Å²) in [5, 5.41) is 2.62. The molecule has 1 aliphatic heterocycles. The van der Waals surface area contributed by atoms with Crippen LogP contribution >= 0.6 is 12.2 Å². The number of furan rings is 1. The van der Waals surface area contributed by atoms with Crippen molar-refractivity contribution in [2.75, 3.05) is 6.54 Å². The molecule has 0 bridgehead atoms. The average Bonchev–Trinajstić information content (AvgIpc) is 3.15. The lowest BCUT2D eigenvalue weighted by Gasteiger charge is -2.28. The quantitative estimate of drug-likeness (QED) is 0.383. The van der Waals surface area contributed by atoms with Crippen LogP contribution < -0.4 is 5.32 Å². The normalized spacial score (nSPS) is 16.8. The number of carbonyl (C=O) groups excluding carboxylic acids is 2. The SMILES string of the molecule is C=CCN1C(=O)C(=CC(=Cc2ccco2)c2ccccc2)C(=O)NC1=S. The van der Waals surface area contributed by atoms with Gasteiger partial charge in [0.1, 0.15) is 11.3 Å². The van der Waals surface area contributed by atoms with Crippen molar-refractivity contribution in [2.45, 2.75) is 0 Å². The lowest BCUT2D eigenvalue weighted by Crippen LogP contribution is -2.53. The van der Waals surface area contributed by atoms with Crippen LogP contribution in [-0.2, 0) is 9.59 Å².